The van der Waals surface area contributed by atoms with Crippen molar-refractivity contribution in [2.45, 2.75) is 83.8 Å². The molecule has 5 rings (SSSR count). The van der Waals surface area contributed by atoms with Gasteiger partial charge in [-0.1, -0.05) is 13.8 Å². The lowest BCUT2D eigenvalue weighted by Gasteiger charge is -2.60. The van der Waals surface area contributed by atoms with Crippen LogP contribution < -0.4 is 0 Å². The van der Waals surface area contributed by atoms with Crippen LogP contribution in [0.25, 0.3) is 0 Å². The van der Waals surface area contributed by atoms with Crippen LogP contribution in [0.15, 0.2) is 12.2 Å². The zero-order valence-electron chi connectivity index (χ0n) is 21.0. The van der Waals surface area contributed by atoms with E-state index in [0.29, 0.717) is 18.9 Å². The topological polar surface area (TPSA) is 132 Å². The second kappa shape index (κ2) is 9.20. The Morgan fingerprint density at radius 1 is 1.06 bits per heavy atom. The van der Waals surface area contributed by atoms with Gasteiger partial charge in [0.1, 0.15) is 18.0 Å². The van der Waals surface area contributed by atoms with Crippen LogP contribution in [0, 0.1) is 34.5 Å². The highest BCUT2D eigenvalue weighted by Gasteiger charge is 2.68. The number of fused-ring (bicyclic) bond motifs is 5. The minimum atomic E-state index is -1.58. The molecule has 0 unspecified atom stereocenters. The van der Waals surface area contributed by atoms with Crippen molar-refractivity contribution in [2.75, 3.05) is 13.2 Å². The Labute approximate surface area is 206 Å². The molecule has 5 aliphatic rings. The van der Waals surface area contributed by atoms with Crippen molar-refractivity contribution in [3.05, 3.63) is 12.2 Å². The van der Waals surface area contributed by atoms with Gasteiger partial charge in [0.05, 0.1) is 6.10 Å². The van der Waals surface area contributed by atoms with Crippen molar-refractivity contribution in [2.24, 2.45) is 34.5 Å². The molecule has 0 aromatic rings. The predicted octanol–water partition coefficient (Wildman–Crippen LogP) is 1.79. The Morgan fingerprint density at radius 2 is 1.71 bits per heavy atom. The van der Waals surface area contributed by atoms with Crippen molar-refractivity contribution < 1.29 is 34.5 Å². The van der Waals surface area contributed by atoms with E-state index in [9.17, 15) is 34.5 Å². The molecule has 3 N–H and O–H groups in total. The summed E-state index contributed by atoms with van der Waals surface area (Å²) in [5.41, 5.74) is -2.40. The molecule has 0 spiro atoms. The van der Waals surface area contributed by atoms with E-state index in [2.05, 4.69) is 6.92 Å². The standard InChI is InChI=1S/C21H32O5.C6H7NO2/c1-19-7-5-13(23)9-12(19)3-4-14-15-6-8-21(26,17(25)11-22)20(15,2)10-16(24)18(14)19;1-2-7-5(8)3-4-6(7)9/h12-15,18,22-23,26H,3-11H2,1-2H3;3-4H,2H2,1H3/t12-,13-,14+,15+,18-,19+,20+,21+;/m1./s1. The van der Waals surface area contributed by atoms with Gasteiger partial charge in [-0.25, -0.2) is 0 Å². The Balaban J connectivity index is 0.000000271. The maximum atomic E-state index is 13.4. The molecule has 2 amide bonds. The number of hydrogen-bond acceptors (Lipinski definition) is 7. The number of hydrogen-bond donors (Lipinski definition) is 3. The first-order valence-electron chi connectivity index (χ1n) is 13.0. The van der Waals surface area contributed by atoms with Crippen LogP contribution in [0.1, 0.15) is 72.1 Å². The van der Waals surface area contributed by atoms with Crippen LogP contribution in [0.3, 0.4) is 0 Å². The summed E-state index contributed by atoms with van der Waals surface area (Å²) < 4.78 is 0. The second-order valence-corrected chi connectivity index (χ2v) is 11.8. The van der Waals surface area contributed by atoms with Crippen LogP contribution in [0.4, 0.5) is 0 Å². The van der Waals surface area contributed by atoms with E-state index in [0.717, 1.165) is 38.5 Å². The number of rotatable bonds is 3. The first-order valence-corrected chi connectivity index (χ1v) is 13.0. The lowest BCUT2D eigenvalue weighted by Crippen LogP contribution is -2.62. The molecule has 4 fully saturated rings. The van der Waals surface area contributed by atoms with Crippen molar-refractivity contribution in [3.63, 3.8) is 0 Å². The number of carbonyl (C=O) groups is 4. The van der Waals surface area contributed by atoms with Gasteiger partial charge >= 0.3 is 0 Å². The lowest BCUT2D eigenvalue weighted by molar-refractivity contribution is -0.180. The third kappa shape index (κ3) is 3.92. The Hall–Kier alpha value is -1.90. The van der Waals surface area contributed by atoms with Gasteiger partial charge in [0.2, 0.25) is 0 Å². The predicted molar refractivity (Wildman–Crippen MR) is 127 cm³/mol. The molecule has 1 heterocycles. The number of likely N-dealkylation sites (N-methyl/N-ethyl adjacent to an activating group) is 1. The highest BCUT2D eigenvalue weighted by Crippen LogP contribution is 2.67. The molecule has 35 heavy (non-hydrogen) atoms. The molecule has 8 atom stereocenters. The fraction of sp³-hybridized carbons (Fsp3) is 0.778. The molecule has 4 aliphatic carbocycles. The fourth-order valence-corrected chi connectivity index (χ4v) is 8.39. The number of Topliss-reactive ketones (excluding diaryl/α,β-unsaturated/α-hetero) is 2. The second-order valence-electron chi connectivity index (χ2n) is 11.8. The molecule has 1 aliphatic heterocycles. The van der Waals surface area contributed by atoms with Crippen molar-refractivity contribution in [1.82, 2.24) is 4.90 Å². The Morgan fingerprint density at radius 3 is 2.29 bits per heavy atom. The summed E-state index contributed by atoms with van der Waals surface area (Å²) >= 11 is 0. The molecule has 8 heteroatoms. The average Bonchev–Trinajstić information content (AvgIpc) is 3.28. The smallest absolute Gasteiger partial charge is 0.253 e. The van der Waals surface area contributed by atoms with Crippen molar-refractivity contribution in [3.8, 4) is 0 Å². The molecule has 0 saturated heterocycles. The molecule has 8 nitrogen and oxygen atoms in total. The molecule has 0 aromatic carbocycles. The number of carbonyl (C=O) groups excluding carboxylic acids is 4. The first-order chi connectivity index (χ1) is 16.4. The number of amides is 2. The summed E-state index contributed by atoms with van der Waals surface area (Å²) in [6, 6.07) is 0. The number of aliphatic hydroxyl groups is 3. The summed E-state index contributed by atoms with van der Waals surface area (Å²) in [5.74, 6) is -0.0324. The van der Waals surface area contributed by atoms with Crippen molar-refractivity contribution >= 4 is 23.4 Å². The van der Waals surface area contributed by atoms with Crippen LogP contribution in [0.2, 0.25) is 0 Å². The minimum absolute atomic E-state index is 0.0154. The van der Waals surface area contributed by atoms with E-state index in [-0.39, 0.29) is 53.3 Å². The van der Waals surface area contributed by atoms with E-state index in [1.54, 1.807) is 6.92 Å². The third-order valence-electron chi connectivity index (χ3n) is 10.3. The zero-order valence-corrected chi connectivity index (χ0v) is 21.0. The monoisotopic (exact) mass is 489 g/mol. The summed E-state index contributed by atoms with van der Waals surface area (Å²) in [5, 5.41) is 30.6. The van der Waals surface area contributed by atoms with Crippen molar-refractivity contribution in [1.29, 1.82) is 0 Å². The highest BCUT2D eigenvalue weighted by atomic mass is 16.3. The van der Waals surface area contributed by atoms with E-state index in [4.69, 9.17) is 0 Å². The van der Waals surface area contributed by atoms with Crippen LogP contribution in [0.5, 0.6) is 0 Å². The van der Waals surface area contributed by atoms with Crippen LogP contribution in [-0.2, 0) is 19.2 Å². The normalized spacial score (nSPS) is 44.3. The molecule has 4 saturated carbocycles. The number of nitrogens with zero attached hydrogens (tertiary/aromatic N) is 1. The lowest BCUT2D eigenvalue weighted by atomic mass is 9.44. The Kier molecular flexibility index (Phi) is 6.88. The summed E-state index contributed by atoms with van der Waals surface area (Å²) in [4.78, 5) is 48.2. The number of aliphatic hydroxyl groups excluding tert-OH is 2. The molecular formula is C27H39NO7. The van der Waals surface area contributed by atoms with E-state index < -0.39 is 23.4 Å². The van der Waals surface area contributed by atoms with Gasteiger partial charge in [0.15, 0.2) is 5.78 Å². The van der Waals surface area contributed by atoms with Gasteiger partial charge in [-0.05, 0) is 75.0 Å². The molecule has 0 aromatic heterocycles. The van der Waals surface area contributed by atoms with Gasteiger partial charge < -0.3 is 15.3 Å². The SMILES string of the molecule is CCN1C(=O)C=CC1=O.C[C@]12CC[C@@H](O)C[C@H]1CC[C@@H]1[C@@H]2C(=O)C[C@@]2(C)[C@H]1CC[C@]2(O)C(=O)CO. The quantitative estimate of drug-likeness (QED) is 0.515. The van der Waals surface area contributed by atoms with E-state index in [1.807, 2.05) is 6.92 Å². The minimum Gasteiger partial charge on any atom is -0.393 e. The van der Waals surface area contributed by atoms with Gasteiger partial charge in [0.25, 0.3) is 11.8 Å². The van der Waals surface area contributed by atoms with Gasteiger partial charge in [-0.3, -0.25) is 24.1 Å². The zero-order chi connectivity index (χ0) is 25.8. The maximum Gasteiger partial charge on any atom is 0.253 e. The van der Waals surface area contributed by atoms with Crippen LogP contribution >= 0.6 is 0 Å². The fourth-order valence-electron chi connectivity index (χ4n) is 8.39. The molecule has 0 bridgehead atoms. The van der Waals surface area contributed by atoms with Gasteiger partial charge in [0, 0.05) is 36.5 Å². The van der Waals surface area contributed by atoms with E-state index in [1.165, 1.54) is 17.1 Å². The largest absolute Gasteiger partial charge is 0.393 e. The summed E-state index contributed by atoms with van der Waals surface area (Å²) in [6.45, 7) is 5.69. The third-order valence-corrected chi connectivity index (χ3v) is 10.3. The molecule has 0 radical (unpaired) electrons. The molecular weight excluding hydrogens is 450 g/mol. The highest BCUT2D eigenvalue weighted by molar-refractivity contribution is 6.12. The van der Waals surface area contributed by atoms with E-state index >= 15 is 0 Å². The maximum absolute atomic E-state index is 13.4. The van der Waals surface area contributed by atoms with Gasteiger partial charge in [-0.2, -0.15) is 0 Å². The number of imide groups is 1. The summed E-state index contributed by atoms with van der Waals surface area (Å²) in [7, 11) is 0. The molecule has 194 valence electrons. The first kappa shape index (κ1) is 26.2. The summed E-state index contributed by atoms with van der Waals surface area (Å²) in [6.07, 6.45) is 8.04. The van der Waals surface area contributed by atoms with Crippen LogP contribution in [-0.4, -0.2) is 68.5 Å². The Bertz CT molecular complexity index is 928. The average molecular weight is 490 g/mol. The van der Waals surface area contributed by atoms with Gasteiger partial charge in [-0.15, -0.1) is 0 Å². The number of ketones is 2.